The molecule has 1 N–H and O–H groups in total. The van der Waals surface area contributed by atoms with E-state index in [9.17, 15) is 4.39 Å². The van der Waals surface area contributed by atoms with E-state index < -0.39 is 0 Å². The maximum atomic E-state index is 13.4. The van der Waals surface area contributed by atoms with Crippen LogP contribution in [0.25, 0.3) is 0 Å². The lowest BCUT2D eigenvalue weighted by Gasteiger charge is -2.33. The Labute approximate surface area is 125 Å². The van der Waals surface area contributed by atoms with Crippen LogP contribution in [-0.4, -0.2) is 6.54 Å². The number of halogens is 1. The average Bonchev–Trinajstić information content (AvgIpc) is 2.52. The average molecular weight is 285 g/mol. The normalized spacial score (nSPS) is 20.7. The van der Waals surface area contributed by atoms with E-state index in [4.69, 9.17) is 4.74 Å². The number of nitrogens with one attached hydrogen (secondary N) is 1. The molecule has 0 aromatic heterocycles. The zero-order valence-corrected chi connectivity index (χ0v) is 12.2. The van der Waals surface area contributed by atoms with E-state index in [0.29, 0.717) is 0 Å². The molecule has 0 spiro atoms. The number of fused-ring (bicyclic) bond motifs is 1. The molecule has 21 heavy (non-hydrogen) atoms. The Bertz CT molecular complexity index is 614. The fourth-order valence-electron chi connectivity index (χ4n) is 2.84. The minimum atomic E-state index is -0.215. The molecule has 0 saturated heterocycles. The number of rotatable bonds is 4. The molecule has 0 amide bonds. The molecular weight excluding hydrogens is 265 g/mol. The third-order valence-electron chi connectivity index (χ3n) is 3.87. The predicted molar refractivity (Wildman–Crippen MR) is 81.9 cm³/mol. The van der Waals surface area contributed by atoms with E-state index in [1.54, 1.807) is 12.1 Å². The van der Waals surface area contributed by atoms with Crippen molar-refractivity contribution in [3.05, 3.63) is 65.5 Å². The highest BCUT2D eigenvalue weighted by Gasteiger charge is 2.28. The summed E-state index contributed by atoms with van der Waals surface area (Å²) in [7, 11) is 0. The van der Waals surface area contributed by atoms with Crippen molar-refractivity contribution >= 4 is 0 Å². The minimum Gasteiger partial charge on any atom is -0.485 e. The van der Waals surface area contributed by atoms with Gasteiger partial charge in [0, 0.05) is 18.0 Å². The lowest BCUT2D eigenvalue weighted by Crippen LogP contribution is -2.29. The van der Waals surface area contributed by atoms with Crippen molar-refractivity contribution in [1.82, 2.24) is 5.32 Å². The van der Waals surface area contributed by atoms with E-state index in [0.717, 1.165) is 30.7 Å². The third-order valence-corrected chi connectivity index (χ3v) is 3.87. The van der Waals surface area contributed by atoms with Gasteiger partial charge in [-0.3, -0.25) is 0 Å². The highest BCUT2D eigenvalue weighted by Crippen LogP contribution is 2.40. The van der Waals surface area contributed by atoms with Crippen molar-refractivity contribution in [2.45, 2.75) is 31.9 Å². The van der Waals surface area contributed by atoms with Crippen LogP contribution in [-0.2, 0) is 0 Å². The fourth-order valence-corrected chi connectivity index (χ4v) is 2.84. The molecule has 0 saturated carbocycles. The molecule has 2 unspecified atom stereocenters. The van der Waals surface area contributed by atoms with Crippen molar-refractivity contribution < 1.29 is 9.13 Å². The van der Waals surface area contributed by atoms with Crippen molar-refractivity contribution in [2.75, 3.05) is 6.54 Å². The second-order valence-electron chi connectivity index (χ2n) is 5.44. The molecule has 0 fully saturated rings. The van der Waals surface area contributed by atoms with Crippen molar-refractivity contribution in [3.8, 4) is 5.75 Å². The topological polar surface area (TPSA) is 21.3 Å². The molecule has 1 heterocycles. The predicted octanol–water partition coefficient (Wildman–Crippen LogP) is 4.39. The number of hydrogen-bond donors (Lipinski definition) is 1. The Balaban J connectivity index is 1.89. The summed E-state index contributed by atoms with van der Waals surface area (Å²) in [5.41, 5.74) is 2.09. The van der Waals surface area contributed by atoms with Gasteiger partial charge in [0.1, 0.15) is 17.7 Å². The standard InChI is InChI=1S/C18H20FNO/c1-2-10-20-16-12-18(13-6-5-7-14(19)11-13)21-17-9-4-3-8-15(16)17/h3-9,11,16,18,20H,2,10,12H2,1H3. The molecule has 0 radical (unpaired) electrons. The van der Waals surface area contributed by atoms with Gasteiger partial charge in [0.05, 0.1) is 0 Å². The van der Waals surface area contributed by atoms with E-state index in [-0.39, 0.29) is 18.0 Å². The fraction of sp³-hybridized carbons (Fsp3) is 0.333. The second kappa shape index (κ2) is 6.27. The molecular formula is C18H20FNO. The van der Waals surface area contributed by atoms with Crippen LogP contribution in [0.3, 0.4) is 0 Å². The van der Waals surface area contributed by atoms with E-state index in [2.05, 4.69) is 18.3 Å². The van der Waals surface area contributed by atoms with Crippen LogP contribution >= 0.6 is 0 Å². The number of benzene rings is 2. The number of para-hydroxylation sites is 1. The molecule has 1 aliphatic heterocycles. The lowest BCUT2D eigenvalue weighted by molar-refractivity contribution is 0.151. The Kier molecular flexibility index (Phi) is 4.20. The van der Waals surface area contributed by atoms with Gasteiger partial charge in [-0.25, -0.2) is 4.39 Å². The maximum Gasteiger partial charge on any atom is 0.126 e. The second-order valence-corrected chi connectivity index (χ2v) is 5.44. The van der Waals surface area contributed by atoms with Gasteiger partial charge in [-0.15, -0.1) is 0 Å². The Morgan fingerprint density at radius 2 is 2.05 bits per heavy atom. The summed E-state index contributed by atoms with van der Waals surface area (Å²) < 4.78 is 19.5. The van der Waals surface area contributed by atoms with Crippen LogP contribution in [0.4, 0.5) is 4.39 Å². The summed E-state index contributed by atoms with van der Waals surface area (Å²) in [6, 6.07) is 15.0. The first-order chi connectivity index (χ1) is 10.3. The number of ether oxygens (including phenoxy) is 1. The molecule has 110 valence electrons. The number of hydrogen-bond acceptors (Lipinski definition) is 2. The maximum absolute atomic E-state index is 13.4. The van der Waals surface area contributed by atoms with Crippen LogP contribution in [0.15, 0.2) is 48.5 Å². The molecule has 0 bridgehead atoms. The summed E-state index contributed by atoms with van der Waals surface area (Å²) in [4.78, 5) is 0. The first-order valence-corrected chi connectivity index (χ1v) is 7.52. The van der Waals surface area contributed by atoms with Gasteiger partial charge in [0.15, 0.2) is 0 Å². The van der Waals surface area contributed by atoms with Crippen molar-refractivity contribution in [2.24, 2.45) is 0 Å². The highest BCUT2D eigenvalue weighted by molar-refractivity contribution is 5.39. The van der Waals surface area contributed by atoms with Gasteiger partial charge >= 0.3 is 0 Å². The monoisotopic (exact) mass is 285 g/mol. The summed E-state index contributed by atoms with van der Waals surface area (Å²) in [6.45, 7) is 3.12. The van der Waals surface area contributed by atoms with Gasteiger partial charge in [0.25, 0.3) is 0 Å². The van der Waals surface area contributed by atoms with Gasteiger partial charge in [0.2, 0.25) is 0 Å². The van der Waals surface area contributed by atoms with Gasteiger partial charge in [-0.05, 0) is 36.7 Å². The molecule has 1 aliphatic rings. The van der Waals surface area contributed by atoms with Crippen LogP contribution < -0.4 is 10.1 Å². The van der Waals surface area contributed by atoms with E-state index in [1.165, 1.54) is 11.6 Å². The van der Waals surface area contributed by atoms with Crippen LogP contribution in [0.2, 0.25) is 0 Å². The zero-order chi connectivity index (χ0) is 14.7. The van der Waals surface area contributed by atoms with E-state index >= 15 is 0 Å². The Morgan fingerprint density at radius 1 is 1.19 bits per heavy atom. The molecule has 2 atom stereocenters. The molecule has 3 heteroatoms. The van der Waals surface area contributed by atoms with Crippen LogP contribution in [0.5, 0.6) is 5.75 Å². The zero-order valence-electron chi connectivity index (χ0n) is 12.2. The van der Waals surface area contributed by atoms with Gasteiger partial charge in [-0.2, -0.15) is 0 Å². The first-order valence-electron chi connectivity index (χ1n) is 7.52. The van der Waals surface area contributed by atoms with E-state index in [1.807, 2.05) is 24.3 Å². The van der Waals surface area contributed by atoms with Gasteiger partial charge < -0.3 is 10.1 Å². The largest absolute Gasteiger partial charge is 0.485 e. The molecule has 3 rings (SSSR count). The van der Waals surface area contributed by atoms with Crippen molar-refractivity contribution in [1.29, 1.82) is 0 Å². The Hall–Kier alpha value is -1.87. The first kappa shape index (κ1) is 14.1. The van der Waals surface area contributed by atoms with Gasteiger partial charge in [-0.1, -0.05) is 37.3 Å². The smallest absolute Gasteiger partial charge is 0.126 e. The third kappa shape index (κ3) is 3.08. The highest BCUT2D eigenvalue weighted by atomic mass is 19.1. The minimum absolute atomic E-state index is 0.107. The van der Waals surface area contributed by atoms with Crippen LogP contribution in [0, 0.1) is 5.82 Å². The SMILES string of the molecule is CCCNC1CC(c2cccc(F)c2)Oc2ccccc21. The quantitative estimate of drug-likeness (QED) is 0.899. The summed E-state index contributed by atoms with van der Waals surface area (Å²) in [5, 5.41) is 3.57. The summed E-state index contributed by atoms with van der Waals surface area (Å²) >= 11 is 0. The summed E-state index contributed by atoms with van der Waals surface area (Å²) in [6.07, 6.45) is 1.80. The molecule has 0 aliphatic carbocycles. The lowest BCUT2D eigenvalue weighted by atomic mass is 9.93. The molecule has 2 aromatic carbocycles. The summed E-state index contributed by atoms with van der Waals surface area (Å²) in [5.74, 6) is 0.680. The molecule has 2 nitrogen and oxygen atoms in total. The van der Waals surface area contributed by atoms with Crippen LogP contribution in [0.1, 0.15) is 43.0 Å². The Morgan fingerprint density at radius 3 is 2.86 bits per heavy atom. The van der Waals surface area contributed by atoms with Crippen molar-refractivity contribution in [3.63, 3.8) is 0 Å². The molecule has 2 aromatic rings.